The van der Waals surface area contributed by atoms with Crippen molar-refractivity contribution in [2.75, 3.05) is 22.1 Å². The van der Waals surface area contributed by atoms with Crippen LogP contribution in [-0.4, -0.2) is 39.1 Å². The number of aryl methyl sites for hydroxylation is 1. The zero-order valence-electron chi connectivity index (χ0n) is 27.8. The third-order valence-corrected chi connectivity index (χ3v) is 8.31. The molecule has 0 saturated carbocycles. The topological polar surface area (TPSA) is 109 Å². The van der Waals surface area contributed by atoms with Crippen LogP contribution in [-0.2, 0) is 4.74 Å². The molecule has 2 N–H and O–H groups in total. The van der Waals surface area contributed by atoms with Gasteiger partial charge in [-0.05, 0) is 107 Å². The van der Waals surface area contributed by atoms with Crippen molar-refractivity contribution in [2.45, 2.75) is 69.8 Å². The van der Waals surface area contributed by atoms with Gasteiger partial charge in [-0.2, -0.15) is 0 Å². The van der Waals surface area contributed by atoms with E-state index in [1.165, 1.54) is 18.1 Å². The molecule has 5 aromatic rings. The van der Waals surface area contributed by atoms with Crippen molar-refractivity contribution in [3.05, 3.63) is 102 Å². The van der Waals surface area contributed by atoms with Crippen LogP contribution in [0.3, 0.4) is 0 Å². The lowest BCUT2D eigenvalue weighted by Crippen LogP contribution is -2.30. The molecule has 2 heterocycles. The fourth-order valence-electron chi connectivity index (χ4n) is 4.83. The molecule has 0 aliphatic carbocycles. The lowest BCUT2D eigenvalue weighted by Gasteiger charge is -2.22. The molecule has 0 aliphatic heterocycles. The average molecular weight is 649 g/mol. The molecule has 242 valence electrons. The van der Waals surface area contributed by atoms with Gasteiger partial charge < -0.3 is 15.0 Å². The van der Waals surface area contributed by atoms with Crippen molar-refractivity contribution < 1.29 is 14.3 Å². The summed E-state index contributed by atoms with van der Waals surface area (Å²) < 4.78 is 5.37. The van der Waals surface area contributed by atoms with Crippen LogP contribution in [0.5, 0.6) is 0 Å². The molecule has 5 rings (SSSR count). The molecule has 10 heteroatoms. The van der Waals surface area contributed by atoms with Crippen molar-refractivity contribution in [1.29, 1.82) is 0 Å². The quantitative estimate of drug-likeness (QED) is 0.163. The molecule has 0 saturated heterocycles. The van der Waals surface area contributed by atoms with Gasteiger partial charge in [0, 0.05) is 39.0 Å². The minimum atomic E-state index is -0.590. The van der Waals surface area contributed by atoms with Gasteiger partial charge in [0.25, 0.3) is 5.91 Å². The van der Waals surface area contributed by atoms with Gasteiger partial charge in [-0.15, -0.1) is 0 Å². The molecular formula is C37H40N6O3S. The van der Waals surface area contributed by atoms with Gasteiger partial charge in [-0.1, -0.05) is 43.3 Å². The predicted molar refractivity (Wildman–Crippen MR) is 190 cm³/mol. The monoisotopic (exact) mass is 648 g/mol. The molecule has 0 atom stereocenters. The van der Waals surface area contributed by atoms with Gasteiger partial charge in [0.1, 0.15) is 17.7 Å². The first-order valence-electron chi connectivity index (χ1n) is 15.6. The van der Waals surface area contributed by atoms with Gasteiger partial charge in [0.05, 0.1) is 11.1 Å². The molecule has 0 spiro atoms. The van der Waals surface area contributed by atoms with E-state index in [-0.39, 0.29) is 11.8 Å². The minimum Gasteiger partial charge on any atom is -0.444 e. The summed E-state index contributed by atoms with van der Waals surface area (Å²) in [5, 5.41) is 7.03. The maximum absolute atomic E-state index is 13.9. The van der Waals surface area contributed by atoms with E-state index in [1.54, 1.807) is 4.90 Å². The van der Waals surface area contributed by atoms with Crippen molar-refractivity contribution in [2.24, 2.45) is 0 Å². The number of ether oxygens (including phenoxy) is 1. The van der Waals surface area contributed by atoms with Crippen LogP contribution in [0, 0.1) is 6.92 Å². The highest BCUT2D eigenvalue weighted by Gasteiger charge is 2.20. The van der Waals surface area contributed by atoms with Gasteiger partial charge >= 0.3 is 6.09 Å². The van der Waals surface area contributed by atoms with E-state index in [9.17, 15) is 9.59 Å². The smallest absolute Gasteiger partial charge is 0.412 e. The van der Waals surface area contributed by atoms with Crippen LogP contribution in [0.15, 0.2) is 95.0 Å². The van der Waals surface area contributed by atoms with Crippen LogP contribution in [0.2, 0.25) is 0 Å². The molecule has 9 nitrogen and oxygen atoms in total. The Kier molecular flexibility index (Phi) is 10.1. The summed E-state index contributed by atoms with van der Waals surface area (Å²) in [5.74, 6) is 0.744. The molecule has 3 aromatic carbocycles. The summed E-state index contributed by atoms with van der Waals surface area (Å²) in [6.45, 7) is 14.2. The third-order valence-electron chi connectivity index (χ3n) is 7.22. The number of nitrogens with zero attached hydrogens (tertiary/aromatic N) is 4. The Morgan fingerprint density at radius 2 is 1.66 bits per heavy atom. The first-order chi connectivity index (χ1) is 22.4. The Bertz CT molecular complexity index is 1890. The van der Waals surface area contributed by atoms with Gasteiger partial charge in [0.2, 0.25) is 0 Å². The lowest BCUT2D eigenvalue weighted by molar-refractivity contribution is 0.0635. The summed E-state index contributed by atoms with van der Waals surface area (Å²) in [5.41, 5.74) is 4.80. The maximum Gasteiger partial charge on any atom is 0.412 e. The Morgan fingerprint density at radius 1 is 0.936 bits per heavy atom. The standard InChI is InChI=1S/C37H40N6O3S/c1-8-43(27-14-9-24(4)10-15-27)35(44)25-11-20-32(47-28-16-12-26(13-17-28)40-36(45)46-37(5,6)7)31(21-25)42-34-29-18-19-30(23(2)3)41-33(29)38-22-39-34/h9-23H,8H2,1-7H3,(H,40,45)(H,38,39,41,42). The molecule has 2 aromatic heterocycles. The second kappa shape index (κ2) is 14.2. The summed E-state index contributed by atoms with van der Waals surface area (Å²) in [6.07, 6.45) is 0.986. The normalized spacial score (nSPS) is 11.4. The number of amides is 2. The van der Waals surface area contributed by atoms with E-state index in [0.29, 0.717) is 34.9 Å². The number of pyridine rings is 1. The summed E-state index contributed by atoms with van der Waals surface area (Å²) >= 11 is 1.52. The number of hydrogen-bond acceptors (Lipinski definition) is 8. The highest BCUT2D eigenvalue weighted by molar-refractivity contribution is 7.99. The zero-order chi connectivity index (χ0) is 33.7. The summed E-state index contributed by atoms with van der Waals surface area (Å²) in [4.78, 5) is 43.4. The summed E-state index contributed by atoms with van der Waals surface area (Å²) in [6, 6.07) is 25.1. The number of carbonyl (C=O) groups excluding carboxylic acids is 2. The van der Waals surface area contributed by atoms with E-state index in [1.807, 2.05) is 113 Å². The minimum absolute atomic E-state index is 0.107. The van der Waals surface area contributed by atoms with Crippen LogP contribution in [0.25, 0.3) is 11.0 Å². The van der Waals surface area contributed by atoms with Crippen molar-refractivity contribution >= 4 is 57.7 Å². The Hall–Kier alpha value is -4.96. The largest absolute Gasteiger partial charge is 0.444 e. The predicted octanol–water partition coefficient (Wildman–Crippen LogP) is 9.37. The third kappa shape index (κ3) is 8.45. The fourth-order valence-corrected chi connectivity index (χ4v) is 5.72. The van der Waals surface area contributed by atoms with Crippen LogP contribution in [0.4, 0.5) is 27.7 Å². The zero-order valence-corrected chi connectivity index (χ0v) is 28.6. The van der Waals surface area contributed by atoms with Crippen LogP contribution < -0.4 is 15.5 Å². The first-order valence-corrected chi connectivity index (χ1v) is 16.4. The summed E-state index contributed by atoms with van der Waals surface area (Å²) in [7, 11) is 0. The molecule has 0 radical (unpaired) electrons. The average Bonchev–Trinajstić information content (AvgIpc) is 3.03. The highest BCUT2D eigenvalue weighted by atomic mass is 32.2. The number of aromatic nitrogens is 3. The number of hydrogen-bond donors (Lipinski definition) is 2. The number of carbonyl (C=O) groups is 2. The highest BCUT2D eigenvalue weighted by Crippen LogP contribution is 2.37. The number of nitrogens with one attached hydrogen (secondary N) is 2. The van der Waals surface area contributed by atoms with E-state index in [0.717, 1.165) is 32.1 Å². The molecule has 0 fully saturated rings. The van der Waals surface area contributed by atoms with Crippen molar-refractivity contribution in [3.8, 4) is 0 Å². The number of anilines is 4. The van der Waals surface area contributed by atoms with E-state index in [4.69, 9.17) is 9.72 Å². The second-order valence-electron chi connectivity index (χ2n) is 12.5. The van der Waals surface area contributed by atoms with Gasteiger partial charge in [0.15, 0.2) is 5.65 Å². The molecule has 47 heavy (non-hydrogen) atoms. The van der Waals surface area contributed by atoms with Crippen molar-refractivity contribution in [3.63, 3.8) is 0 Å². The number of fused-ring (bicyclic) bond motifs is 1. The molecule has 0 aliphatic rings. The van der Waals surface area contributed by atoms with E-state index in [2.05, 4.69) is 34.4 Å². The Labute approximate surface area is 280 Å². The van der Waals surface area contributed by atoms with Crippen molar-refractivity contribution in [1.82, 2.24) is 15.0 Å². The number of benzene rings is 3. The van der Waals surface area contributed by atoms with E-state index < -0.39 is 11.7 Å². The SMILES string of the molecule is CCN(C(=O)c1ccc(Sc2ccc(NC(=O)OC(C)(C)C)cc2)c(Nc2ncnc3nc(C(C)C)ccc23)c1)c1ccc(C)cc1. The first kappa shape index (κ1) is 33.4. The van der Waals surface area contributed by atoms with Crippen LogP contribution >= 0.6 is 11.8 Å². The molecule has 2 amide bonds. The molecular weight excluding hydrogens is 609 g/mol. The molecule has 0 unspecified atom stereocenters. The lowest BCUT2D eigenvalue weighted by atomic mass is 10.1. The van der Waals surface area contributed by atoms with Gasteiger partial charge in [-0.3, -0.25) is 10.1 Å². The number of rotatable bonds is 9. The fraction of sp³-hybridized carbons (Fsp3) is 0.270. The second-order valence-corrected chi connectivity index (χ2v) is 13.6. The van der Waals surface area contributed by atoms with E-state index >= 15 is 0 Å². The Balaban J connectivity index is 1.48. The Morgan fingerprint density at radius 3 is 2.32 bits per heavy atom. The van der Waals surface area contributed by atoms with Crippen LogP contribution in [0.1, 0.15) is 69.1 Å². The maximum atomic E-state index is 13.9. The van der Waals surface area contributed by atoms with Gasteiger partial charge in [-0.25, -0.2) is 19.7 Å². The molecule has 0 bridgehead atoms.